The SMILES string of the molecule is C=CCN1C(=O)/C(=C/c2ccc(C)o2)SC1=Nc1cccc(O)c1. The quantitative estimate of drug-likeness (QED) is 0.673. The number of benzene rings is 1. The first-order valence-electron chi connectivity index (χ1n) is 7.33. The molecule has 1 aromatic heterocycles. The second kappa shape index (κ2) is 6.80. The van der Waals surface area contributed by atoms with Gasteiger partial charge in [-0.3, -0.25) is 9.69 Å². The highest BCUT2D eigenvalue weighted by Crippen LogP contribution is 2.34. The summed E-state index contributed by atoms with van der Waals surface area (Å²) in [6, 6.07) is 10.3. The highest BCUT2D eigenvalue weighted by Gasteiger charge is 2.32. The van der Waals surface area contributed by atoms with Crippen molar-refractivity contribution in [3.05, 3.63) is 65.5 Å². The molecule has 0 atom stereocenters. The van der Waals surface area contributed by atoms with Gasteiger partial charge in [-0.2, -0.15) is 0 Å². The molecule has 0 unspecified atom stereocenters. The summed E-state index contributed by atoms with van der Waals surface area (Å²) in [5.74, 6) is 1.39. The number of nitrogens with zero attached hydrogens (tertiary/aromatic N) is 2. The molecule has 0 radical (unpaired) electrons. The zero-order valence-electron chi connectivity index (χ0n) is 13.1. The summed E-state index contributed by atoms with van der Waals surface area (Å²) >= 11 is 1.27. The van der Waals surface area contributed by atoms with Crippen LogP contribution >= 0.6 is 11.8 Å². The fourth-order valence-corrected chi connectivity index (χ4v) is 3.20. The third-order valence-corrected chi connectivity index (χ3v) is 4.30. The van der Waals surface area contributed by atoms with Gasteiger partial charge in [0, 0.05) is 18.7 Å². The van der Waals surface area contributed by atoms with E-state index in [-0.39, 0.29) is 11.7 Å². The van der Waals surface area contributed by atoms with Crippen molar-refractivity contribution < 1.29 is 14.3 Å². The van der Waals surface area contributed by atoms with E-state index in [9.17, 15) is 9.90 Å². The minimum atomic E-state index is -0.146. The highest BCUT2D eigenvalue weighted by atomic mass is 32.2. The van der Waals surface area contributed by atoms with Gasteiger partial charge in [-0.15, -0.1) is 6.58 Å². The number of phenols is 1. The summed E-state index contributed by atoms with van der Waals surface area (Å²) in [7, 11) is 0. The Balaban J connectivity index is 1.95. The maximum Gasteiger partial charge on any atom is 0.267 e. The van der Waals surface area contributed by atoms with E-state index in [0.717, 1.165) is 5.76 Å². The topological polar surface area (TPSA) is 66.0 Å². The predicted octanol–water partition coefficient (Wildman–Crippen LogP) is 4.08. The molecule has 1 N–H and O–H groups in total. The van der Waals surface area contributed by atoms with Gasteiger partial charge in [-0.25, -0.2) is 4.99 Å². The maximum absolute atomic E-state index is 12.6. The number of hydrogen-bond acceptors (Lipinski definition) is 5. The lowest BCUT2D eigenvalue weighted by Crippen LogP contribution is -2.29. The average Bonchev–Trinajstić information content (AvgIpc) is 3.07. The molecule has 6 heteroatoms. The molecule has 3 rings (SSSR count). The Bertz CT molecular complexity index is 851. The number of amidine groups is 1. The Labute approximate surface area is 144 Å². The van der Waals surface area contributed by atoms with Gasteiger partial charge < -0.3 is 9.52 Å². The largest absolute Gasteiger partial charge is 0.508 e. The van der Waals surface area contributed by atoms with Crippen LogP contribution in [0.15, 0.2) is 63.4 Å². The van der Waals surface area contributed by atoms with Crippen LogP contribution in [-0.4, -0.2) is 27.6 Å². The smallest absolute Gasteiger partial charge is 0.267 e. The van der Waals surface area contributed by atoms with E-state index in [1.54, 1.807) is 41.3 Å². The van der Waals surface area contributed by atoms with Gasteiger partial charge in [0.15, 0.2) is 5.17 Å². The zero-order valence-corrected chi connectivity index (χ0v) is 13.9. The fourth-order valence-electron chi connectivity index (χ4n) is 2.21. The standard InChI is InChI=1S/C18H16N2O3S/c1-3-9-20-17(22)16(11-15-8-7-12(2)23-15)24-18(20)19-13-5-4-6-14(21)10-13/h3-8,10-11,21H,1,9H2,2H3/b16-11-,19-18?. The molecule has 5 nitrogen and oxygen atoms in total. The van der Waals surface area contributed by atoms with Crippen LogP contribution in [-0.2, 0) is 4.79 Å². The Hall–Kier alpha value is -2.73. The van der Waals surface area contributed by atoms with Crippen molar-refractivity contribution in [3.8, 4) is 5.75 Å². The second-order valence-electron chi connectivity index (χ2n) is 5.18. The number of thioether (sulfide) groups is 1. The lowest BCUT2D eigenvalue weighted by molar-refractivity contribution is -0.121. The van der Waals surface area contributed by atoms with Crippen molar-refractivity contribution in [2.24, 2.45) is 4.99 Å². The van der Waals surface area contributed by atoms with E-state index >= 15 is 0 Å². The molecule has 1 amide bonds. The van der Waals surface area contributed by atoms with Crippen molar-refractivity contribution in [2.45, 2.75) is 6.92 Å². The zero-order chi connectivity index (χ0) is 17.1. The van der Waals surface area contributed by atoms with Crippen molar-refractivity contribution in [2.75, 3.05) is 6.54 Å². The van der Waals surface area contributed by atoms with Crippen LogP contribution in [0.2, 0.25) is 0 Å². The van der Waals surface area contributed by atoms with E-state index in [2.05, 4.69) is 11.6 Å². The Kier molecular flexibility index (Phi) is 4.57. The minimum absolute atomic E-state index is 0.128. The third-order valence-electron chi connectivity index (χ3n) is 3.29. The number of rotatable bonds is 4. The number of phenolic OH excluding ortho intramolecular Hbond substituents is 1. The molecule has 0 bridgehead atoms. The van der Waals surface area contributed by atoms with Gasteiger partial charge in [-0.05, 0) is 43.0 Å². The predicted molar refractivity (Wildman–Crippen MR) is 96.1 cm³/mol. The van der Waals surface area contributed by atoms with Gasteiger partial charge in [0.25, 0.3) is 5.91 Å². The van der Waals surface area contributed by atoms with Crippen LogP contribution < -0.4 is 0 Å². The van der Waals surface area contributed by atoms with Crippen LogP contribution in [0.1, 0.15) is 11.5 Å². The third kappa shape index (κ3) is 3.44. The van der Waals surface area contributed by atoms with E-state index < -0.39 is 0 Å². The van der Waals surface area contributed by atoms with E-state index in [0.29, 0.717) is 28.1 Å². The number of aryl methyl sites for hydroxylation is 1. The summed E-state index contributed by atoms with van der Waals surface area (Å²) in [4.78, 5) is 19.1. The highest BCUT2D eigenvalue weighted by molar-refractivity contribution is 8.18. The van der Waals surface area contributed by atoms with Crippen molar-refractivity contribution >= 4 is 34.6 Å². The number of carbonyl (C=O) groups is 1. The number of hydrogen-bond donors (Lipinski definition) is 1. The summed E-state index contributed by atoms with van der Waals surface area (Å²) in [6.45, 7) is 5.90. The van der Waals surface area contributed by atoms with Crippen LogP contribution in [0.4, 0.5) is 5.69 Å². The molecule has 24 heavy (non-hydrogen) atoms. The van der Waals surface area contributed by atoms with Crippen LogP contribution in [0.25, 0.3) is 6.08 Å². The summed E-state index contributed by atoms with van der Waals surface area (Å²) in [5, 5.41) is 10.1. The number of aliphatic imine (C=N–C) groups is 1. The lowest BCUT2D eigenvalue weighted by Gasteiger charge is -2.12. The lowest BCUT2D eigenvalue weighted by atomic mass is 10.3. The molecule has 2 aromatic rings. The van der Waals surface area contributed by atoms with Crippen LogP contribution in [0, 0.1) is 6.92 Å². The Morgan fingerprint density at radius 3 is 2.88 bits per heavy atom. The van der Waals surface area contributed by atoms with Crippen molar-refractivity contribution in [1.29, 1.82) is 0 Å². The molecular formula is C18H16N2O3S. The van der Waals surface area contributed by atoms with Gasteiger partial charge in [0.1, 0.15) is 17.3 Å². The van der Waals surface area contributed by atoms with Gasteiger partial charge in [0.05, 0.1) is 10.6 Å². The van der Waals surface area contributed by atoms with Crippen LogP contribution in [0.3, 0.4) is 0 Å². The fraction of sp³-hybridized carbons (Fsp3) is 0.111. The molecule has 2 heterocycles. The first-order valence-corrected chi connectivity index (χ1v) is 8.15. The van der Waals surface area contributed by atoms with Crippen molar-refractivity contribution in [3.63, 3.8) is 0 Å². The molecule has 1 aliphatic heterocycles. The van der Waals surface area contributed by atoms with Gasteiger partial charge in [-0.1, -0.05) is 12.1 Å². The molecular weight excluding hydrogens is 324 g/mol. The summed E-state index contributed by atoms with van der Waals surface area (Å²) < 4.78 is 5.50. The molecule has 0 aliphatic carbocycles. The molecule has 0 saturated carbocycles. The molecule has 1 fully saturated rings. The van der Waals surface area contributed by atoms with Gasteiger partial charge >= 0.3 is 0 Å². The first-order chi connectivity index (χ1) is 11.6. The van der Waals surface area contributed by atoms with Crippen LogP contribution in [0.5, 0.6) is 5.75 Å². The average molecular weight is 340 g/mol. The number of furan rings is 1. The Morgan fingerprint density at radius 1 is 1.38 bits per heavy atom. The second-order valence-corrected chi connectivity index (χ2v) is 6.19. The van der Waals surface area contributed by atoms with Gasteiger partial charge in [0.2, 0.25) is 0 Å². The van der Waals surface area contributed by atoms with Crippen molar-refractivity contribution in [1.82, 2.24) is 4.90 Å². The number of aromatic hydroxyl groups is 1. The molecule has 0 spiro atoms. The summed E-state index contributed by atoms with van der Waals surface area (Å²) in [6.07, 6.45) is 3.36. The van der Waals surface area contributed by atoms with E-state index in [1.165, 1.54) is 11.8 Å². The number of carbonyl (C=O) groups excluding carboxylic acids is 1. The molecule has 1 saturated heterocycles. The minimum Gasteiger partial charge on any atom is -0.508 e. The van der Waals surface area contributed by atoms with E-state index in [4.69, 9.17) is 4.42 Å². The van der Waals surface area contributed by atoms with E-state index in [1.807, 2.05) is 19.1 Å². The number of amides is 1. The Morgan fingerprint density at radius 2 is 2.21 bits per heavy atom. The molecule has 1 aromatic carbocycles. The maximum atomic E-state index is 12.6. The normalized spacial score (nSPS) is 17.9. The molecule has 1 aliphatic rings. The summed E-state index contributed by atoms with van der Waals surface area (Å²) in [5.41, 5.74) is 0.578. The first kappa shape index (κ1) is 16.1. The molecule has 122 valence electrons. The monoisotopic (exact) mass is 340 g/mol.